The Kier molecular flexibility index (Phi) is 7.23. The van der Waals surface area contributed by atoms with Gasteiger partial charge in [0.2, 0.25) is 0 Å². The third-order valence-electron chi connectivity index (χ3n) is 2.51. The molecule has 0 aliphatic carbocycles. The number of rotatable bonds is 9. The third kappa shape index (κ3) is 5.59. The fourth-order valence-electron chi connectivity index (χ4n) is 1.63. The number of para-hydroxylation sites is 2. The molecule has 0 aromatic heterocycles. The molecule has 0 amide bonds. The summed E-state index contributed by atoms with van der Waals surface area (Å²) < 4.78 is 11.2. The topological polar surface area (TPSA) is 44.5 Å². The predicted octanol–water partition coefficient (Wildman–Crippen LogP) is 2.98. The minimum atomic E-state index is 0.664. The summed E-state index contributed by atoms with van der Waals surface area (Å²) in [7, 11) is 0. The lowest BCUT2D eigenvalue weighted by atomic mass is 10.2. The first kappa shape index (κ1) is 13.8. The van der Waals surface area contributed by atoms with Crippen LogP contribution in [0.1, 0.15) is 32.6 Å². The van der Waals surface area contributed by atoms with Crippen molar-refractivity contribution in [2.45, 2.75) is 32.6 Å². The van der Waals surface area contributed by atoms with Crippen LogP contribution < -0.4 is 15.2 Å². The van der Waals surface area contributed by atoms with Crippen LogP contribution in [0.4, 0.5) is 0 Å². The first-order valence-electron chi connectivity index (χ1n) is 6.43. The fourth-order valence-corrected chi connectivity index (χ4v) is 1.63. The van der Waals surface area contributed by atoms with Gasteiger partial charge in [-0.2, -0.15) is 0 Å². The summed E-state index contributed by atoms with van der Waals surface area (Å²) in [5, 5.41) is 0. The molecule has 0 unspecified atom stereocenters. The van der Waals surface area contributed by atoms with Gasteiger partial charge in [0.05, 0.1) is 13.2 Å². The minimum absolute atomic E-state index is 0.664. The molecule has 17 heavy (non-hydrogen) atoms. The van der Waals surface area contributed by atoms with Gasteiger partial charge in [-0.25, -0.2) is 0 Å². The van der Waals surface area contributed by atoms with Crippen LogP contribution in [0.15, 0.2) is 24.3 Å². The van der Waals surface area contributed by atoms with Crippen LogP contribution >= 0.6 is 0 Å². The molecule has 0 saturated heterocycles. The maximum atomic E-state index is 5.71. The zero-order valence-electron chi connectivity index (χ0n) is 10.7. The molecule has 0 aliphatic rings. The smallest absolute Gasteiger partial charge is 0.161 e. The summed E-state index contributed by atoms with van der Waals surface area (Å²) in [5.74, 6) is 1.67. The van der Waals surface area contributed by atoms with Crippen molar-refractivity contribution in [1.29, 1.82) is 0 Å². The molecule has 96 valence electrons. The molecule has 0 saturated carbocycles. The second-order valence-electron chi connectivity index (χ2n) is 3.93. The van der Waals surface area contributed by atoms with Gasteiger partial charge in [0, 0.05) is 0 Å². The van der Waals surface area contributed by atoms with E-state index in [2.05, 4.69) is 0 Å². The van der Waals surface area contributed by atoms with Gasteiger partial charge in [0.25, 0.3) is 0 Å². The van der Waals surface area contributed by atoms with E-state index >= 15 is 0 Å². The van der Waals surface area contributed by atoms with Crippen molar-refractivity contribution < 1.29 is 9.47 Å². The predicted molar refractivity (Wildman–Crippen MR) is 70.6 cm³/mol. The van der Waals surface area contributed by atoms with Crippen molar-refractivity contribution in [2.24, 2.45) is 5.73 Å². The van der Waals surface area contributed by atoms with E-state index in [9.17, 15) is 0 Å². The molecule has 0 fully saturated rings. The van der Waals surface area contributed by atoms with Gasteiger partial charge in [0.15, 0.2) is 11.5 Å². The molecule has 3 nitrogen and oxygen atoms in total. The van der Waals surface area contributed by atoms with E-state index in [1.165, 1.54) is 12.8 Å². The van der Waals surface area contributed by atoms with Crippen molar-refractivity contribution in [2.75, 3.05) is 19.8 Å². The quantitative estimate of drug-likeness (QED) is 0.671. The van der Waals surface area contributed by atoms with Gasteiger partial charge in [-0.05, 0) is 38.4 Å². The highest BCUT2D eigenvalue weighted by molar-refractivity contribution is 5.39. The Labute approximate surface area is 104 Å². The lowest BCUT2D eigenvalue weighted by molar-refractivity contribution is 0.270. The number of hydrogen-bond acceptors (Lipinski definition) is 3. The second-order valence-corrected chi connectivity index (χ2v) is 3.93. The molecule has 1 aromatic carbocycles. The van der Waals surface area contributed by atoms with Crippen LogP contribution in [-0.2, 0) is 0 Å². The van der Waals surface area contributed by atoms with Gasteiger partial charge in [-0.3, -0.25) is 0 Å². The van der Waals surface area contributed by atoms with E-state index in [0.717, 1.165) is 37.5 Å². The molecule has 0 spiro atoms. The highest BCUT2D eigenvalue weighted by Gasteiger charge is 2.02. The van der Waals surface area contributed by atoms with Crippen LogP contribution in [-0.4, -0.2) is 19.8 Å². The van der Waals surface area contributed by atoms with Crippen LogP contribution in [0.25, 0.3) is 0 Å². The SMILES string of the molecule is CCOc1ccccc1OCCCCCCN. The van der Waals surface area contributed by atoms with E-state index in [-0.39, 0.29) is 0 Å². The maximum absolute atomic E-state index is 5.71. The third-order valence-corrected chi connectivity index (χ3v) is 2.51. The highest BCUT2D eigenvalue weighted by atomic mass is 16.5. The average Bonchev–Trinajstić information content (AvgIpc) is 2.36. The molecule has 1 aromatic rings. The number of nitrogens with two attached hydrogens (primary N) is 1. The van der Waals surface area contributed by atoms with Gasteiger partial charge in [-0.15, -0.1) is 0 Å². The Morgan fingerprint density at radius 1 is 0.941 bits per heavy atom. The Morgan fingerprint density at radius 2 is 1.59 bits per heavy atom. The molecule has 2 N–H and O–H groups in total. The molecular formula is C14H23NO2. The summed E-state index contributed by atoms with van der Waals surface area (Å²) >= 11 is 0. The van der Waals surface area contributed by atoms with Crippen molar-refractivity contribution >= 4 is 0 Å². The Hall–Kier alpha value is -1.22. The number of benzene rings is 1. The average molecular weight is 237 g/mol. The largest absolute Gasteiger partial charge is 0.490 e. The van der Waals surface area contributed by atoms with Crippen LogP contribution in [0.3, 0.4) is 0 Å². The van der Waals surface area contributed by atoms with Crippen molar-refractivity contribution in [3.8, 4) is 11.5 Å². The van der Waals surface area contributed by atoms with Crippen molar-refractivity contribution in [1.82, 2.24) is 0 Å². The van der Waals surface area contributed by atoms with Crippen LogP contribution in [0.2, 0.25) is 0 Å². The summed E-state index contributed by atoms with van der Waals surface area (Å²) in [4.78, 5) is 0. The maximum Gasteiger partial charge on any atom is 0.161 e. The molecule has 0 atom stereocenters. The van der Waals surface area contributed by atoms with E-state index in [4.69, 9.17) is 15.2 Å². The molecule has 0 radical (unpaired) electrons. The second kappa shape index (κ2) is 8.88. The van der Waals surface area contributed by atoms with Crippen LogP contribution in [0, 0.1) is 0 Å². The molecule has 1 rings (SSSR count). The van der Waals surface area contributed by atoms with E-state index in [1.807, 2.05) is 31.2 Å². The zero-order chi connectivity index (χ0) is 12.3. The van der Waals surface area contributed by atoms with Crippen molar-refractivity contribution in [3.05, 3.63) is 24.3 Å². The number of unbranched alkanes of at least 4 members (excludes halogenated alkanes) is 3. The molecule has 3 heteroatoms. The number of ether oxygens (including phenoxy) is 2. The van der Waals surface area contributed by atoms with Crippen LogP contribution in [0.5, 0.6) is 11.5 Å². The first-order chi connectivity index (χ1) is 8.38. The Bertz CT molecular complexity index is 302. The first-order valence-corrected chi connectivity index (χ1v) is 6.43. The van der Waals surface area contributed by atoms with E-state index < -0.39 is 0 Å². The fraction of sp³-hybridized carbons (Fsp3) is 0.571. The Morgan fingerprint density at radius 3 is 2.24 bits per heavy atom. The summed E-state index contributed by atoms with van der Waals surface area (Å²) in [6.07, 6.45) is 4.54. The lowest BCUT2D eigenvalue weighted by Gasteiger charge is -2.11. The zero-order valence-corrected chi connectivity index (χ0v) is 10.7. The van der Waals surface area contributed by atoms with E-state index in [0.29, 0.717) is 6.61 Å². The molecule has 0 aliphatic heterocycles. The van der Waals surface area contributed by atoms with Gasteiger partial charge in [0.1, 0.15) is 0 Å². The van der Waals surface area contributed by atoms with Gasteiger partial charge in [-0.1, -0.05) is 25.0 Å². The normalized spacial score (nSPS) is 10.2. The summed E-state index contributed by atoms with van der Waals surface area (Å²) in [6.45, 7) is 4.17. The minimum Gasteiger partial charge on any atom is -0.490 e. The van der Waals surface area contributed by atoms with E-state index in [1.54, 1.807) is 0 Å². The highest BCUT2D eigenvalue weighted by Crippen LogP contribution is 2.26. The summed E-state index contributed by atoms with van der Waals surface area (Å²) in [5.41, 5.74) is 5.44. The standard InChI is InChI=1S/C14H23NO2/c1-2-16-13-9-5-6-10-14(13)17-12-8-4-3-7-11-15/h5-6,9-10H,2-4,7-8,11-12,15H2,1H3. The van der Waals surface area contributed by atoms with Gasteiger partial charge < -0.3 is 15.2 Å². The monoisotopic (exact) mass is 237 g/mol. The summed E-state index contributed by atoms with van der Waals surface area (Å²) in [6, 6.07) is 7.81. The number of hydrogen-bond donors (Lipinski definition) is 1. The lowest BCUT2D eigenvalue weighted by Crippen LogP contribution is -2.02. The van der Waals surface area contributed by atoms with Crippen molar-refractivity contribution in [3.63, 3.8) is 0 Å². The molecular weight excluding hydrogens is 214 g/mol. The Balaban J connectivity index is 2.25. The van der Waals surface area contributed by atoms with Gasteiger partial charge >= 0.3 is 0 Å². The molecule has 0 bridgehead atoms. The molecule has 0 heterocycles.